The van der Waals surface area contributed by atoms with Crippen molar-refractivity contribution < 1.29 is 27.8 Å². The van der Waals surface area contributed by atoms with Gasteiger partial charge >= 0.3 is 6.18 Å². The van der Waals surface area contributed by atoms with Gasteiger partial charge in [-0.3, -0.25) is 4.90 Å². The minimum absolute atomic E-state index is 0. The van der Waals surface area contributed by atoms with E-state index in [1.807, 2.05) is 6.92 Å². The van der Waals surface area contributed by atoms with Crippen molar-refractivity contribution in [2.45, 2.75) is 32.2 Å². The molecule has 0 bridgehead atoms. The molecule has 1 saturated heterocycles. The molecule has 1 aromatic carbocycles. The molecule has 0 saturated carbocycles. The van der Waals surface area contributed by atoms with E-state index >= 15 is 0 Å². The molecule has 0 spiro atoms. The highest BCUT2D eigenvalue weighted by molar-refractivity contribution is 14.0. The maximum atomic E-state index is 12.5. The van der Waals surface area contributed by atoms with Crippen molar-refractivity contribution >= 4 is 29.9 Å². The summed E-state index contributed by atoms with van der Waals surface area (Å²) in [5.74, 6) is 0.610. The molecule has 11 heteroatoms. The molecule has 2 rings (SSSR count). The van der Waals surface area contributed by atoms with Gasteiger partial charge in [0.1, 0.15) is 5.75 Å². The Balaban J connectivity index is 0.00000480. The summed E-state index contributed by atoms with van der Waals surface area (Å²) >= 11 is 0. The second-order valence-corrected chi connectivity index (χ2v) is 7.45. The number of β-amino-alcohol motifs (C(OH)–C–C–N with tert-alkyl or cyclic N) is 1. The molecule has 0 aromatic heterocycles. The van der Waals surface area contributed by atoms with Crippen LogP contribution in [-0.4, -0.2) is 80.3 Å². The average Bonchev–Trinajstić information content (AvgIpc) is 2.69. The zero-order chi connectivity index (χ0) is 22.0. The maximum absolute atomic E-state index is 12.5. The van der Waals surface area contributed by atoms with Crippen LogP contribution < -0.4 is 15.4 Å². The Hall–Kier alpha value is -1.31. The van der Waals surface area contributed by atoms with Crippen molar-refractivity contribution in [1.29, 1.82) is 0 Å². The maximum Gasteiger partial charge on any atom is 0.422 e. The smallest absolute Gasteiger partial charge is 0.422 e. The Morgan fingerprint density at radius 3 is 2.55 bits per heavy atom. The molecule has 0 aliphatic carbocycles. The molecule has 178 valence electrons. The minimum atomic E-state index is -4.40. The number of nitrogens with zero attached hydrogens (tertiary/aromatic N) is 2. The van der Waals surface area contributed by atoms with E-state index in [1.54, 1.807) is 25.1 Å². The first-order chi connectivity index (χ1) is 14.2. The van der Waals surface area contributed by atoms with Gasteiger partial charge in [0.15, 0.2) is 12.6 Å². The number of hydrogen-bond donors (Lipinski definition) is 3. The molecule has 0 radical (unpaired) electrons. The fourth-order valence-corrected chi connectivity index (χ4v) is 3.01. The van der Waals surface area contributed by atoms with Gasteiger partial charge in [0.05, 0.1) is 25.4 Å². The number of rotatable bonds is 9. The molecular weight excluding hydrogens is 528 g/mol. The highest BCUT2D eigenvalue weighted by Crippen LogP contribution is 2.22. The molecule has 1 atom stereocenters. The molecule has 1 unspecified atom stereocenters. The lowest BCUT2D eigenvalue weighted by Crippen LogP contribution is -2.52. The number of halogens is 4. The predicted octanol–water partition coefficient (Wildman–Crippen LogP) is 2.38. The monoisotopic (exact) mass is 560 g/mol. The molecule has 31 heavy (non-hydrogen) atoms. The first kappa shape index (κ1) is 27.7. The number of para-hydroxylation sites is 1. The molecule has 0 amide bonds. The van der Waals surface area contributed by atoms with Crippen molar-refractivity contribution in [1.82, 2.24) is 15.5 Å². The van der Waals surface area contributed by atoms with Crippen LogP contribution in [0.1, 0.15) is 19.4 Å². The Morgan fingerprint density at radius 2 is 1.90 bits per heavy atom. The van der Waals surface area contributed by atoms with E-state index in [9.17, 15) is 18.3 Å². The lowest BCUT2D eigenvalue weighted by molar-refractivity contribution is -0.153. The van der Waals surface area contributed by atoms with Crippen LogP contribution in [0, 0.1) is 0 Å². The minimum Gasteiger partial charge on any atom is -0.484 e. The van der Waals surface area contributed by atoms with Crippen LogP contribution in [0.15, 0.2) is 29.3 Å². The van der Waals surface area contributed by atoms with E-state index in [2.05, 4.69) is 20.5 Å². The quantitative estimate of drug-likeness (QED) is 0.245. The number of alkyl halides is 3. The number of guanidine groups is 1. The van der Waals surface area contributed by atoms with Gasteiger partial charge in [-0.15, -0.1) is 24.0 Å². The summed E-state index contributed by atoms with van der Waals surface area (Å²) in [4.78, 5) is 6.57. The number of benzene rings is 1. The first-order valence-corrected chi connectivity index (χ1v) is 10.0. The van der Waals surface area contributed by atoms with E-state index in [0.29, 0.717) is 37.8 Å². The summed E-state index contributed by atoms with van der Waals surface area (Å²) < 4.78 is 47.6. The van der Waals surface area contributed by atoms with Gasteiger partial charge in [-0.1, -0.05) is 18.2 Å². The fourth-order valence-electron chi connectivity index (χ4n) is 3.01. The Kier molecular flexibility index (Phi) is 11.9. The Morgan fingerprint density at radius 1 is 1.23 bits per heavy atom. The average molecular weight is 560 g/mol. The summed E-state index contributed by atoms with van der Waals surface area (Å²) in [7, 11) is 0. The second-order valence-electron chi connectivity index (χ2n) is 7.45. The van der Waals surface area contributed by atoms with Crippen molar-refractivity contribution in [3.05, 3.63) is 29.8 Å². The fraction of sp³-hybridized carbons (Fsp3) is 0.650. The normalized spacial score (nSPS) is 17.4. The van der Waals surface area contributed by atoms with Crippen LogP contribution in [0.5, 0.6) is 5.75 Å². The summed E-state index contributed by atoms with van der Waals surface area (Å²) in [5.41, 5.74) is -0.444. The predicted molar refractivity (Wildman–Crippen MR) is 124 cm³/mol. The highest BCUT2D eigenvalue weighted by atomic mass is 127. The third-order valence-corrected chi connectivity index (χ3v) is 4.42. The molecular formula is C20H32F3IN4O3. The number of ether oxygens (including phenoxy) is 2. The number of hydrogen-bond acceptors (Lipinski definition) is 5. The molecule has 1 aliphatic heterocycles. The van der Waals surface area contributed by atoms with E-state index in [-0.39, 0.29) is 42.8 Å². The van der Waals surface area contributed by atoms with E-state index in [1.165, 1.54) is 6.07 Å². The van der Waals surface area contributed by atoms with Crippen molar-refractivity contribution in [2.75, 3.05) is 52.5 Å². The Labute approximate surface area is 198 Å². The number of aliphatic hydroxyl groups is 1. The summed E-state index contributed by atoms with van der Waals surface area (Å²) in [6.45, 7) is 6.67. The van der Waals surface area contributed by atoms with Gasteiger partial charge < -0.3 is 25.2 Å². The summed E-state index contributed by atoms with van der Waals surface area (Å²) in [6, 6.07) is 6.50. The number of morpholine rings is 1. The number of aliphatic imine (C=N–C) groups is 1. The van der Waals surface area contributed by atoms with Crippen LogP contribution in [0.25, 0.3) is 0 Å². The summed E-state index contributed by atoms with van der Waals surface area (Å²) in [6.07, 6.45) is -4.40. The van der Waals surface area contributed by atoms with E-state index < -0.39 is 18.4 Å². The molecule has 1 heterocycles. The molecule has 1 aliphatic rings. The molecule has 3 N–H and O–H groups in total. The van der Waals surface area contributed by atoms with E-state index in [0.717, 1.165) is 13.1 Å². The van der Waals surface area contributed by atoms with Crippen molar-refractivity contribution in [3.63, 3.8) is 0 Å². The Bertz CT molecular complexity index is 684. The van der Waals surface area contributed by atoms with Crippen LogP contribution in [0.3, 0.4) is 0 Å². The molecule has 1 aromatic rings. The summed E-state index contributed by atoms with van der Waals surface area (Å²) in [5, 5.41) is 16.9. The lowest BCUT2D eigenvalue weighted by Gasteiger charge is -2.34. The van der Waals surface area contributed by atoms with Gasteiger partial charge in [-0.2, -0.15) is 13.2 Å². The van der Waals surface area contributed by atoms with Crippen molar-refractivity contribution in [2.24, 2.45) is 4.99 Å². The van der Waals surface area contributed by atoms with Gasteiger partial charge in [0.25, 0.3) is 0 Å². The zero-order valence-corrected chi connectivity index (χ0v) is 20.2. The first-order valence-electron chi connectivity index (χ1n) is 10.0. The van der Waals surface area contributed by atoms with Crippen LogP contribution >= 0.6 is 24.0 Å². The topological polar surface area (TPSA) is 78.4 Å². The molecule has 1 fully saturated rings. The molecule has 7 nitrogen and oxygen atoms in total. The second kappa shape index (κ2) is 13.3. The van der Waals surface area contributed by atoms with Gasteiger partial charge in [-0.25, -0.2) is 4.99 Å². The zero-order valence-electron chi connectivity index (χ0n) is 17.9. The lowest BCUT2D eigenvalue weighted by atomic mass is 10.1. The highest BCUT2D eigenvalue weighted by Gasteiger charge is 2.29. The largest absolute Gasteiger partial charge is 0.484 e. The third-order valence-electron chi connectivity index (χ3n) is 4.42. The van der Waals surface area contributed by atoms with Gasteiger partial charge in [0, 0.05) is 38.3 Å². The SMILES string of the molecule is CCNC(=NCc1ccccc1OCC(F)(F)F)NCC(C)(O)CN1CCOCC1.I. The van der Waals surface area contributed by atoms with Crippen molar-refractivity contribution in [3.8, 4) is 5.75 Å². The van der Waals surface area contributed by atoms with Gasteiger partial charge in [-0.05, 0) is 19.9 Å². The third kappa shape index (κ3) is 11.2. The van der Waals surface area contributed by atoms with E-state index in [4.69, 9.17) is 9.47 Å². The van der Waals surface area contributed by atoms with Crippen LogP contribution in [0.4, 0.5) is 13.2 Å². The standard InChI is InChI=1S/C20H31F3N4O3.HI/c1-3-24-18(26-13-19(2,28)14-27-8-10-29-11-9-27)25-12-16-6-4-5-7-17(16)30-15-20(21,22)23;/h4-7,28H,3,8-15H2,1-2H3,(H2,24,25,26);1H. The van der Waals surface area contributed by atoms with Gasteiger partial charge in [0.2, 0.25) is 0 Å². The number of nitrogens with one attached hydrogen (secondary N) is 2. The van der Waals surface area contributed by atoms with Crippen LogP contribution in [0.2, 0.25) is 0 Å². The van der Waals surface area contributed by atoms with Crippen LogP contribution in [-0.2, 0) is 11.3 Å².